The molecule has 0 N–H and O–H groups in total. The van der Waals surface area contributed by atoms with Gasteiger partial charge in [0.1, 0.15) is 19.0 Å². The first-order valence-corrected chi connectivity index (χ1v) is 6.15. The zero-order chi connectivity index (χ0) is 14.2. The van der Waals surface area contributed by atoms with Gasteiger partial charge in [0.25, 0.3) is 0 Å². The van der Waals surface area contributed by atoms with E-state index < -0.39 is 5.97 Å². The normalized spacial score (nSPS) is 9.85. The molecular weight excluding hydrogens is 258 g/mol. The van der Waals surface area contributed by atoms with E-state index in [4.69, 9.17) is 9.47 Å². The third-order valence-corrected chi connectivity index (χ3v) is 2.50. The Morgan fingerprint density at radius 1 is 1.05 bits per heavy atom. The van der Waals surface area contributed by atoms with Crippen molar-refractivity contribution in [2.75, 3.05) is 20.3 Å². The van der Waals surface area contributed by atoms with Crippen LogP contribution in [0, 0.1) is 0 Å². The van der Waals surface area contributed by atoms with Crippen LogP contribution in [0.15, 0.2) is 48.7 Å². The van der Waals surface area contributed by atoms with E-state index in [1.807, 2.05) is 30.3 Å². The van der Waals surface area contributed by atoms with E-state index in [1.165, 1.54) is 13.3 Å². The summed E-state index contributed by atoms with van der Waals surface area (Å²) in [4.78, 5) is 15.4. The van der Waals surface area contributed by atoms with Crippen LogP contribution in [0.1, 0.15) is 10.5 Å². The number of carbonyl (C=O) groups is 1. The lowest BCUT2D eigenvalue weighted by Crippen LogP contribution is -2.12. The molecule has 0 bridgehead atoms. The van der Waals surface area contributed by atoms with Gasteiger partial charge >= 0.3 is 5.97 Å². The Kier molecular flexibility index (Phi) is 4.94. The molecule has 0 unspecified atom stereocenters. The molecule has 1 aromatic carbocycles. The van der Waals surface area contributed by atoms with Gasteiger partial charge in [-0.1, -0.05) is 18.2 Å². The monoisotopic (exact) mass is 273 g/mol. The SMILES string of the molecule is COC(=O)c1ncccc1OCCOc1ccccc1. The summed E-state index contributed by atoms with van der Waals surface area (Å²) < 4.78 is 15.6. The van der Waals surface area contributed by atoms with Gasteiger partial charge in [-0.15, -0.1) is 0 Å². The van der Waals surface area contributed by atoms with E-state index in [9.17, 15) is 4.79 Å². The van der Waals surface area contributed by atoms with Gasteiger partial charge < -0.3 is 14.2 Å². The molecule has 0 atom stereocenters. The minimum absolute atomic E-state index is 0.162. The molecule has 0 amide bonds. The van der Waals surface area contributed by atoms with Crippen LogP contribution in [0.25, 0.3) is 0 Å². The lowest BCUT2D eigenvalue weighted by atomic mass is 10.3. The van der Waals surface area contributed by atoms with Crippen LogP contribution in [-0.4, -0.2) is 31.3 Å². The Labute approximate surface area is 117 Å². The quantitative estimate of drug-likeness (QED) is 0.597. The zero-order valence-electron chi connectivity index (χ0n) is 11.1. The van der Waals surface area contributed by atoms with Crippen LogP contribution in [0.5, 0.6) is 11.5 Å². The molecule has 2 aromatic rings. The fourth-order valence-corrected chi connectivity index (χ4v) is 1.58. The number of nitrogens with zero attached hydrogens (tertiary/aromatic N) is 1. The average Bonchev–Trinajstić information content (AvgIpc) is 2.52. The number of methoxy groups -OCH3 is 1. The van der Waals surface area contributed by atoms with E-state index in [0.29, 0.717) is 19.0 Å². The highest BCUT2D eigenvalue weighted by Gasteiger charge is 2.13. The molecule has 0 fully saturated rings. The van der Waals surface area contributed by atoms with Crippen molar-refractivity contribution in [3.05, 3.63) is 54.4 Å². The molecule has 5 heteroatoms. The van der Waals surface area contributed by atoms with Crippen LogP contribution < -0.4 is 9.47 Å². The summed E-state index contributed by atoms with van der Waals surface area (Å²) >= 11 is 0. The molecule has 0 aliphatic heterocycles. The third kappa shape index (κ3) is 3.71. The van der Waals surface area contributed by atoms with Crippen molar-refractivity contribution in [2.45, 2.75) is 0 Å². The molecule has 5 nitrogen and oxygen atoms in total. The van der Waals surface area contributed by atoms with E-state index >= 15 is 0 Å². The molecule has 20 heavy (non-hydrogen) atoms. The maximum absolute atomic E-state index is 11.5. The van der Waals surface area contributed by atoms with Crippen molar-refractivity contribution in [3.63, 3.8) is 0 Å². The first-order valence-electron chi connectivity index (χ1n) is 6.15. The highest BCUT2D eigenvalue weighted by Crippen LogP contribution is 2.16. The third-order valence-electron chi connectivity index (χ3n) is 2.50. The van der Waals surface area contributed by atoms with Crippen molar-refractivity contribution < 1.29 is 19.0 Å². The largest absolute Gasteiger partial charge is 0.490 e. The minimum Gasteiger partial charge on any atom is -0.490 e. The van der Waals surface area contributed by atoms with Crippen molar-refractivity contribution in [2.24, 2.45) is 0 Å². The van der Waals surface area contributed by atoms with Crippen LogP contribution >= 0.6 is 0 Å². The Hall–Kier alpha value is -2.56. The van der Waals surface area contributed by atoms with Crippen molar-refractivity contribution in [1.29, 1.82) is 0 Å². The predicted octanol–water partition coefficient (Wildman–Crippen LogP) is 2.33. The number of esters is 1. The van der Waals surface area contributed by atoms with E-state index in [-0.39, 0.29) is 5.69 Å². The van der Waals surface area contributed by atoms with Gasteiger partial charge in [0.15, 0.2) is 11.4 Å². The molecule has 1 aromatic heterocycles. The molecule has 0 saturated carbocycles. The first kappa shape index (κ1) is 13.9. The fourth-order valence-electron chi connectivity index (χ4n) is 1.58. The number of aromatic nitrogens is 1. The second kappa shape index (κ2) is 7.13. The van der Waals surface area contributed by atoms with Gasteiger partial charge in [-0.05, 0) is 24.3 Å². The van der Waals surface area contributed by atoms with Crippen LogP contribution in [0.4, 0.5) is 0 Å². The van der Waals surface area contributed by atoms with Gasteiger partial charge in [-0.3, -0.25) is 0 Å². The summed E-state index contributed by atoms with van der Waals surface area (Å²) in [5.74, 6) is 0.635. The fraction of sp³-hybridized carbons (Fsp3) is 0.200. The van der Waals surface area contributed by atoms with Gasteiger partial charge in [0.2, 0.25) is 0 Å². The summed E-state index contributed by atoms with van der Waals surface area (Å²) in [6.07, 6.45) is 1.51. The van der Waals surface area contributed by atoms with Gasteiger partial charge in [0.05, 0.1) is 7.11 Å². The van der Waals surface area contributed by atoms with E-state index in [2.05, 4.69) is 9.72 Å². The Bertz CT molecular complexity index is 557. The topological polar surface area (TPSA) is 57.7 Å². The lowest BCUT2D eigenvalue weighted by molar-refractivity contribution is 0.0588. The van der Waals surface area contributed by atoms with E-state index in [1.54, 1.807) is 12.1 Å². The molecule has 1 heterocycles. The molecule has 0 spiro atoms. The predicted molar refractivity (Wildman–Crippen MR) is 73.0 cm³/mol. The number of ether oxygens (including phenoxy) is 3. The number of hydrogen-bond donors (Lipinski definition) is 0. The second-order valence-electron chi connectivity index (χ2n) is 3.85. The molecule has 0 aliphatic carbocycles. The van der Waals surface area contributed by atoms with Gasteiger partial charge in [-0.25, -0.2) is 9.78 Å². The first-order chi connectivity index (χ1) is 9.81. The molecular formula is C15H15NO4. The molecule has 104 valence electrons. The number of pyridine rings is 1. The van der Waals surface area contributed by atoms with Crippen molar-refractivity contribution >= 4 is 5.97 Å². The number of hydrogen-bond acceptors (Lipinski definition) is 5. The van der Waals surface area contributed by atoms with Crippen LogP contribution in [-0.2, 0) is 4.74 Å². The number of rotatable bonds is 6. The molecule has 2 rings (SSSR count). The van der Waals surface area contributed by atoms with E-state index in [0.717, 1.165) is 5.75 Å². The van der Waals surface area contributed by atoms with Crippen LogP contribution in [0.3, 0.4) is 0 Å². The molecule has 0 radical (unpaired) electrons. The Morgan fingerprint density at radius 3 is 2.55 bits per heavy atom. The van der Waals surface area contributed by atoms with Gasteiger partial charge in [0, 0.05) is 6.20 Å². The maximum Gasteiger partial charge on any atom is 0.360 e. The average molecular weight is 273 g/mol. The van der Waals surface area contributed by atoms with Crippen molar-refractivity contribution in [1.82, 2.24) is 4.98 Å². The number of para-hydroxylation sites is 1. The van der Waals surface area contributed by atoms with Gasteiger partial charge in [-0.2, -0.15) is 0 Å². The maximum atomic E-state index is 11.5. The highest BCUT2D eigenvalue weighted by atomic mass is 16.5. The summed E-state index contributed by atoms with van der Waals surface area (Å²) in [5.41, 5.74) is 0.162. The zero-order valence-corrected chi connectivity index (χ0v) is 11.1. The molecule has 0 saturated heterocycles. The Balaban J connectivity index is 1.87. The summed E-state index contributed by atoms with van der Waals surface area (Å²) in [7, 11) is 1.30. The standard InChI is InChI=1S/C15H15NO4/c1-18-15(17)14-13(8-5-9-16-14)20-11-10-19-12-6-3-2-4-7-12/h2-9H,10-11H2,1H3. The number of benzene rings is 1. The highest BCUT2D eigenvalue weighted by molar-refractivity contribution is 5.90. The summed E-state index contributed by atoms with van der Waals surface area (Å²) in [5, 5.41) is 0. The van der Waals surface area contributed by atoms with Crippen LogP contribution in [0.2, 0.25) is 0 Å². The summed E-state index contributed by atoms with van der Waals surface area (Å²) in [6.45, 7) is 0.685. The lowest BCUT2D eigenvalue weighted by Gasteiger charge is -2.10. The Morgan fingerprint density at radius 2 is 1.80 bits per heavy atom. The second-order valence-corrected chi connectivity index (χ2v) is 3.85. The minimum atomic E-state index is -0.524. The summed E-state index contributed by atoms with van der Waals surface area (Å²) in [6, 6.07) is 12.8. The molecule has 0 aliphatic rings. The number of carbonyl (C=O) groups excluding carboxylic acids is 1. The van der Waals surface area contributed by atoms with Crippen molar-refractivity contribution in [3.8, 4) is 11.5 Å². The smallest absolute Gasteiger partial charge is 0.360 e.